The third-order valence-electron chi connectivity index (χ3n) is 4.85. The van der Waals surface area contributed by atoms with E-state index in [1.54, 1.807) is 10.8 Å². The molecule has 1 aromatic heterocycles. The van der Waals surface area contributed by atoms with Crippen molar-refractivity contribution in [3.63, 3.8) is 0 Å². The number of ether oxygens (including phenoxy) is 1. The van der Waals surface area contributed by atoms with E-state index in [1.807, 2.05) is 0 Å². The molecule has 0 bridgehead atoms. The van der Waals surface area contributed by atoms with E-state index < -0.39 is 26.3 Å². The average Bonchev–Trinajstić information content (AvgIpc) is 3.17. The van der Waals surface area contributed by atoms with Crippen molar-refractivity contribution in [2.75, 3.05) is 0 Å². The fraction of sp³-hybridized carbons (Fsp3) is 0.0909. The maximum absolute atomic E-state index is 15.6. The van der Waals surface area contributed by atoms with Gasteiger partial charge in [0.25, 0.3) is 5.91 Å². The summed E-state index contributed by atoms with van der Waals surface area (Å²) in [7, 11) is -5.18. The van der Waals surface area contributed by atoms with Gasteiger partial charge in [-0.1, -0.05) is 53.5 Å². The number of fused-ring (bicyclic) bond motifs is 1. The predicted octanol–water partition coefficient (Wildman–Crippen LogP) is 5.60. The maximum Gasteiger partial charge on any atom is 0.397 e. The first-order valence-electron chi connectivity index (χ1n) is 9.75. The number of halogens is 5. The fourth-order valence-electron chi connectivity index (χ4n) is 3.11. The van der Waals surface area contributed by atoms with Crippen LogP contribution in [0.1, 0.15) is 15.9 Å². The molecule has 1 amide bonds. The van der Waals surface area contributed by atoms with Crippen molar-refractivity contribution in [2.45, 2.75) is 11.2 Å². The molecule has 0 fully saturated rings. The molecule has 4 rings (SSSR count). The van der Waals surface area contributed by atoms with Crippen LogP contribution in [0.15, 0.2) is 66.7 Å². The van der Waals surface area contributed by atoms with Gasteiger partial charge in [0.15, 0.2) is 5.15 Å². The van der Waals surface area contributed by atoms with Crippen molar-refractivity contribution in [1.82, 2.24) is 14.5 Å². The summed E-state index contributed by atoms with van der Waals surface area (Å²) in [5.74, 6) is -1.37. The van der Waals surface area contributed by atoms with Gasteiger partial charge in [0.05, 0.1) is 15.9 Å². The highest BCUT2D eigenvalue weighted by Gasteiger charge is 2.48. The predicted molar refractivity (Wildman–Crippen MR) is 128 cm³/mol. The van der Waals surface area contributed by atoms with Gasteiger partial charge in [-0.05, 0) is 53.6 Å². The summed E-state index contributed by atoms with van der Waals surface area (Å²) in [4.78, 5) is 12.3. The zero-order valence-electron chi connectivity index (χ0n) is 17.4. The molecule has 0 saturated heterocycles. The van der Waals surface area contributed by atoms with Gasteiger partial charge >= 0.3 is 14.6 Å². The van der Waals surface area contributed by atoms with Gasteiger partial charge in [-0.15, -0.1) is 0 Å². The second-order valence-corrected chi connectivity index (χ2v) is 10.4. The van der Waals surface area contributed by atoms with Gasteiger partial charge < -0.3 is 4.74 Å². The molecule has 4 aromatic rings. The number of hydrogen-bond acceptors (Lipinski definition) is 5. The Labute approximate surface area is 213 Å². The van der Waals surface area contributed by atoms with Crippen LogP contribution in [0.5, 0.6) is 5.75 Å². The summed E-state index contributed by atoms with van der Waals surface area (Å²) in [5, 5.41) is 3.23. The van der Waals surface area contributed by atoms with Crippen LogP contribution in [0.4, 0.5) is 8.78 Å². The number of nitrogens with zero attached hydrogens (tertiary/aromatic N) is 2. The van der Waals surface area contributed by atoms with Crippen LogP contribution in [0, 0.1) is 5.82 Å². The minimum Gasteiger partial charge on any atom is -0.487 e. The fourth-order valence-corrected chi connectivity index (χ4v) is 4.82. The number of benzene rings is 3. The molecule has 1 atom stereocenters. The molecule has 0 radical (unpaired) electrons. The average molecular weight is 561 g/mol. The van der Waals surface area contributed by atoms with Crippen molar-refractivity contribution >= 4 is 61.6 Å². The molecular weight excluding hydrogens is 547 g/mol. The lowest BCUT2D eigenvalue weighted by Crippen LogP contribution is -2.44. The van der Waals surface area contributed by atoms with Gasteiger partial charge in [0.1, 0.15) is 18.2 Å². The molecule has 0 saturated carbocycles. The van der Waals surface area contributed by atoms with E-state index in [9.17, 15) is 17.6 Å². The highest BCUT2D eigenvalue weighted by atomic mass is 35.5. The van der Waals surface area contributed by atoms with E-state index >= 15 is 4.39 Å². The van der Waals surface area contributed by atoms with Gasteiger partial charge in [-0.2, -0.15) is 22.6 Å². The lowest BCUT2D eigenvalue weighted by atomic mass is 10.2. The second kappa shape index (κ2) is 9.62. The number of aromatic nitrogens is 2. The molecule has 3 aromatic carbocycles. The Morgan fingerprint density at radius 3 is 2.37 bits per heavy atom. The Kier molecular flexibility index (Phi) is 6.92. The smallest absolute Gasteiger partial charge is 0.397 e. The van der Waals surface area contributed by atoms with E-state index in [0.717, 1.165) is 0 Å². The van der Waals surface area contributed by atoms with Crippen molar-refractivity contribution < 1.29 is 26.7 Å². The number of alkyl halides is 2. The lowest BCUT2D eigenvalue weighted by Gasteiger charge is -2.20. The third-order valence-corrected chi connectivity index (χ3v) is 7.53. The summed E-state index contributed by atoms with van der Waals surface area (Å²) in [6.07, 6.45) is 0. The largest absolute Gasteiger partial charge is 0.487 e. The van der Waals surface area contributed by atoms with Crippen LogP contribution >= 0.6 is 34.8 Å². The summed E-state index contributed by atoms with van der Waals surface area (Å²) < 4.78 is 57.8. The van der Waals surface area contributed by atoms with Gasteiger partial charge in [-0.25, -0.2) is 9.11 Å². The SMILES string of the molecule is O=C(NS(=O)(=O)C(F)(Cl)n1nc(Cl)c2c(Cl)c(OCc3ccc(F)cc3)ccc21)c1ccccc1. The number of carbonyl (C=O) groups is 1. The summed E-state index contributed by atoms with van der Waals surface area (Å²) in [5.41, 5.74) is 0.440. The summed E-state index contributed by atoms with van der Waals surface area (Å²) in [6.45, 7) is 0.0275. The van der Waals surface area contributed by atoms with E-state index in [4.69, 9.17) is 39.5 Å². The molecule has 7 nitrogen and oxygen atoms in total. The molecule has 0 aliphatic rings. The molecule has 182 valence electrons. The Bertz CT molecular complexity index is 1510. The number of sulfonamides is 1. The quantitative estimate of drug-likeness (QED) is 0.297. The van der Waals surface area contributed by atoms with Gasteiger partial charge in [0, 0.05) is 5.56 Å². The topological polar surface area (TPSA) is 90.3 Å². The first-order chi connectivity index (χ1) is 16.5. The molecule has 13 heteroatoms. The number of amides is 1. The van der Waals surface area contributed by atoms with Crippen LogP contribution < -0.4 is 9.46 Å². The molecule has 1 unspecified atom stereocenters. The molecule has 0 spiro atoms. The lowest BCUT2D eigenvalue weighted by molar-refractivity contribution is 0.0977. The van der Waals surface area contributed by atoms with E-state index in [2.05, 4.69) is 5.10 Å². The van der Waals surface area contributed by atoms with Gasteiger partial charge in [-0.3, -0.25) is 4.79 Å². The number of nitrogens with one attached hydrogen (secondary N) is 1. The first kappa shape index (κ1) is 25.2. The van der Waals surface area contributed by atoms with E-state index in [-0.39, 0.29) is 39.0 Å². The Morgan fingerprint density at radius 2 is 1.71 bits per heavy atom. The molecule has 1 heterocycles. The zero-order valence-corrected chi connectivity index (χ0v) is 20.5. The standard InChI is InChI=1S/C22H14Cl3F2N3O4S/c23-19-17(34-12-13-6-8-15(26)9-7-13)11-10-16-18(19)20(24)28-30(16)22(25,27)35(32,33)29-21(31)14-4-2-1-3-5-14/h1-11H,12H2,(H,29,31). The molecule has 1 N–H and O–H groups in total. The highest BCUT2D eigenvalue weighted by molar-refractivity contribution is 7.91. The monoisotopic (exact) mass is 559 g/mol. The Hall–Kier alpha value is -2.92. The second-order valence-electron chi connectivity index (χ2n) is 7.18. The van der Waals surface area contributed by atoms with Crippen molar-refractivity contribution in [3.8, 4) is 5.75 Å². The summed E-state index contributed by atoms with van der Waals surface area (Å²) in [6, 6.07) is 15.5. The Morgan fingerprint density at radius 1 is 1.06 bits per heavy atom. The number of hydrogen-bond donors (Lipinski definition) is 1. The maximum atomic E-state index is 15.6. The normalized spacial score (nSPS) is 13.4. The minimum absolute atomic E-state index is 0.0275. The number of carbonyl (C=O) groups excluding carboxylic acids is 1. The first-order valence-corrected chi connectivity index (χ1v) is 12.4. The molecular formula is C22H14Cl3F2N3O4S. The van der Waals surface area contributed by atoms with Crippen LogP contribution in [0.3, 0.4) is 0 Å². The summed E-state index contributed by atoms with van der Waals surface area (Å²) >= 11 is 18.3. The molecule has 0 aliphatic heterocycles. The zero-order chi connectivity index (χ0) is 25.4. The minimum atomic E-state index is -5.18. The molecule has 35 heavy (non-hydrogen) atoms. The van der Waals surface area contributed by atoms with Gasteiger partial charge in [0.2, 0.25) is 0 Å². The third kappa shape index (κ3) is 4.92. The van der Waals surface area contributed by atoms with E-state index in [1.165, 1.54) is 60.7 Å². The van der Waals surface area contributed by atoms with Crippen LogP contribution in [-0.4, -0.2) is 24.1 Å². The van der Waals surface area contributed by atoms with Crippen molar-refractivity contribution in [1.29, 1.82) is 0 Å². The van der Waals surface area contributed by atoms with Crippen LogP contribution in [0.2, 0.25) is 10.2 Å². The van der Waals surface area contributed by atoms with Crippen LogP contribution in [0.25, 0.3) is 10.9 Å². The van der Waals surface area contributed by atoms with Crippen molar-refractivity contribution in [3.05, 3.63) is 93.8 Å². The molecule has 0 aliphatic carbocycles. The Balaban J connectivity index is 1.65. The van der Waals surface area contributed by atoms with Crippen LogP contribution in [-0.2, 0) is 21.2 Å². The van der Waals surface area contributed by atoms with Crippen molar-refractivity contribution in [2.24, 2.45) is 0 Å². The van der Waals surface area contributed by atoms with E-state index in [0.29, 0.717) is 10.2 Å². The number of rotatable bonds is 7. The highest BCUT2D eigenvalue weighted by Crippen LogP contribution is 2.41.